The fraction of sp³-hybridized carbons (Fsp3) is 0. The molecule has 0 radical (unpaired) electrons. The first kappa shape index (κ1) is 9.79. The van der Waals surface area contributed by atoms with Crippen LogP contribution >= 0.6 is 0 Å². The van der Waals surface area contributed by atoms with Crippen LogP contribution in [0.4, 0.5) is 5.95 Å². The van der Waals surface area contributed by atoms with Gasteiger partial charge in [-0.05, 0) is 0 Å². The molecule has 3 N–H and O–H groups in total. The van der Waals surface area contributed by atoms with E-state index in [1.807, 2.05) is 0 Å². The molecule has 0 bridgehead atoms. The minimum atomic E-state index is -0.370. The predicted molar refractivity (Wildman–Crippen MR) is 42.4 cm³/mol. The summed E-state index contributed by atoms with van der Waals surface area (Å²) in [5.41, 5.74) is 5.38. The number of H-pyrrole nitrogens is 1. The number of fused-ring (bicyclic) bond motifs is 1. The third kappa shape index (κ3) is 1.72. The van der Waals surface area contributed by atoms with E-state index in [4.69, 9.17) is 5.73 Å². The number of nitrogens with one attached hydrogen (secondary N) is 1. The summed E-state index contributed by atoms with van der Waals surface area (Å²) in [5.74, 6) is 0.0491. The minimum absolute atomic E-state index is 0. The first-order valence-corrected chi connectivity index (χ1v) is 3.24. The number of aromatic nitrogens is 4. The molecule has 7 heteroatoms. The Labute approximate surface area is 86.9 Å². The van der Waals surface area contributed by atoms with Crippen molar-refractivity contribution in [3.05, 3.63) is 22.7 Å². The maximum Gasteiger partial charge on any atom is 0.280 e. The van der Waals surface area contributed by atoms with Crippen molar-refractivity contribution in [2.75, 3.05) is 5.73 Å². The minimum Gasteiger partial charge on any atom is -0.369 e. The predicted octanol–water partition coefficient (Wildman–Crippen LogP) is -0.707. The first-order valence-electron chi connectivity index (χ1n) is 3.24. The summed E-state index contributed by atoms with van der Waals surface area (Å²) in [4.78, 5) is 24.9. The van der Waals surface area contributed by atoms with Gasteiger partial charge < -0.3 is 5.73 Å². The van der Waals surface area contributed by atoms with Gasteiger partial charge >= 0.3 is 0 Å². The Morgan fingerprint density at radius 2 is 2.00 bits per heavy atom. The molecular weight excluding hydrogens is 342 g/mol. The molecule has 0 fully saturated rings. The Morgan fingerprint density at radius 3 is 2.77 bits per heavy atom. The van der Waals surface area contributed by atoms with Crippen molar-refractivity contribution in [1.82, 2.24) is 19.9 Å². The van der Waals surface area contributed by atoms with Crippen LogP contribution in [0.3, 0.4) is 0 Å². The first-order chi connectivity index (χ1) is 5.77. The second-order valence-corrected chi connectivity index (χ2v) is 2.18. The van der Waals surface area contributed by atoms with Crippen molar-refractivity contribution >= 4 is 17.1 Å². The summed E-state index contributed by atoms with van der Waals surface area (Å²) in [5, 5.41) is 0. The van der Waals surface area contributed by atoms with Crippen LogP contribution in [-0.4, -0.2) is 19.9 Å². The van der Waals surface area contributed by atoms with Gasteiger partial charge in [0.25, 0.3) is 5.56 Å². The molecule has 0 aliphatic carbocycles. The van der Waals surface area contributed by atoms with Crippen LogP contribution in [0.25, 0.3) is 11.2 Å². The Kier molecular flexibility index (Phi) is 2.72. The number of nitrogen functional groups attached to an aromatic ring is 1. The topological polar surface area (TPSA) is 97.5 Å². The van der Waals surface area contributed by atoms with Crippen molar-refractivity contribution in [2.24, 2.45) is 0 Å². The van der Waals surface area contributed by atoms with Crippen LogP contribution in [0, 0.1) is 0 Å². The van der Waals surface area contributed by atoms with Gasteiger partial charge in [-0.2, -0.15) is 4.98 Å². The normalized spacial score (nSPS) is 9.54. The van der Waals surface area contributed by atoms with Gasteiger partial charge in [-0.3, -0.25) is 9.78 Å². The third-order valence-electron chi connectivity index (χ3n) is 1.36. The molecule has 0 spiro atoms. The number of rotatable bonds is 0. The van der Waals surface area contributed by atoms with Crippen molar-refractivity contribution in [2.45, 2.75) is 0 Å². The molecule has 0 saturated carbocycles. The average Bonchev–Trinajstić information content (AvgIpc) is 2.04. The quantitative estimate of drug-likeness (QED) is 0.657. The Hall–Kier alpha value is -1.29. The van der Waals surface area contributed by atoms with Crippen molar-refractivity contribution in [3.8, 4) is 0 Å². The zero-order chi connectivity index (χ0) is 8.55. The number of nitrogens with zero attached hydrogens (tertiary/aromatic N) is 3. The zero-order valence-electron chi connectivity index (χ0n) is 6.39. The number of aromatic amines is 1. The second kappa shape index (κ2) is 3.62. The van der Waals surface area contributed by atoms with E-state index in [0.29, 0.717) is 0 Å². The number of hydrogen-bond acceptors (Lipinski definition) is 5. The SMILES string of the molecule is Nc1nc2nccnc2c(=O)[nH]1.[W]. The zero-order valence-corrected chi connectivity index (χ0v) is 9.32. The van der Waals surface area contributed by atoms with Gasteiger partial charge in [0.2, 0.25) is 5.95 Å². The maximum absolute atomic E-state index is 11.1. The van der Waals surface area contributed by atoms with E-state index in [2.05, 4.69) is 19.9 Å². The average molecular weight is 347 g/mol. The van der Waals surface area contributed by atoms with E-state index >= 15 is 0 Å². The van der Waals surface area contributed by atoms with Crippen LogP contribution < -0.4 is 11.3 Å². The van der Waals surface area contributed by atoms with E-state index in [0.717, 1.165) is 0 Å². The van der Waals surface area contributed by atoms with Crippen molar-refractivity contribution in [3.63, 3.8) is 0 Å². The summed E-state index contributed by atoms with van der Waals surface area (Å²) >= 11 is 0. The molecule has 0 aromatic carbocycles. The standard InChI is InChI=1S/C6H5N5O.W/c7-6-10-4-3(5(12)11-6)8-1-2-9-4;/h1-2H,(H3,7,9,10,11,12);. The summed E-state index contributed by atoms with van der Waals surface area (Å²) in [6.45, 7) is 0. The van der Waals surface area contributed by atoms with Crippen LogP contribution in [0.5, 0.6) is 0 Å². The Morgan fingerprint density at radius 1 is 1.31 bits per heavy atom. The smallest absolute Gasteiger partial charge is 0.280 e. The van der Waals surface area contributed by atoms with Gasteiger partial charge in [0, 0.05) is 33.5 Å². The summed E-state index contributed by atoms with van der Waals surface area (Å²) < 4.78 is 0. The molecule has 0 saturated heterocycles. The van der Waals surface area contributed by atoms with Crippen LogP contribution in [0.2, 0.25) is 0 Å². The largest absolute Gasteiger partial charge is 0.369 e. The molecule has 6 nitrogen and oxygen atoms in total. The van der Waals surface area contributed by atoms with Gasteiger partial charge in [0.15, 0.2) is 11.2 Å². The summed E-state index contributed by atoms with van der Waals surface area (Å²) in [7, 11) is 0. The maximum atomic E-state index is 11.1. The molecule has 2 aromatic rings. The van der Waals surface area contributed by atoms with Crippen LogP contribution in [0.15, 0.2) is 17.2 Å². The Balaban J connectivity index is 0.000000845. The summed E-state index contributed by atoms with van der Waals surface area (Å²) in [6, 6.07) is 0. The van der Waals surface area contributed by atoms with E-state index in [1.54, 1.807) is 0 Å². The molecule has 13 heavy (non-hydrogen) atoms. The molecule has 2 rings (SSSR count). The van der Waals surface area contributed by atoms with Crippen molar-refractivity contribution in [1.29, 1.82) is 0 Å². The van der Waals surface area contributed by atoms with Gasteiger partial charge in [0.05, 0.1) is 0 Å². The second-order valence-electron chi connectivity index (χ2n) is 2.18. The Bertz CT molecular complexity index is 482. The van der Waals surface area contributed by atoms with E-state index in [1.165, 1.54) is 12.4 Å². The van der Waals surface area contributed by atoms with E-state index in [9.17, 15) is 4.79 Å². The van der Waals surface area contributed by atoms with Gasteiger partial charge in [-0.1, -0.05) is 0 Å². The molecule has 0 atom stereocenters. The number of nitrogens with two attached hydrogens (primary N) is 1. The monoisotopic (exact) mass is 347 g/mol. The molecule has 0 aliphatic heterocycles. The van der Waals surface area contributed by atoms with Crippen LogP contribution in [-0.2, 0) is 21.1 Å². The van der Waals surface area contributed by atoms with Gasteiger partial charge in [-0.25, -0.2) is 9.97 Å². The third-order valence-corrected chi connectivity index (χ3v) is 1.36. The number of anilines is 1. The molecule has 2 aromatic heterocycles. The molecular formula is C6H5N5OW. The van der Waals surface area contributed by atoms with E-state index in [-0.39, 0.29) is 43.7 Å². The van der Waals surface area contributed by atoms with E-state index < -0.39 is 0 Å². The summed E-state index contributed by atoms with van der Waals surface area (Å²) in [6.07, 6.45) is 2.88. The van der Waals surface area contributed by atoms with Gasteiger partial charge in [-0.15, -0.1) is 0 Å². The molecule has 0 unspecified atom stereocenters. The molecule has 66 valence electrons. The fourth-order valence-corrected chi connectivity index (χ4v) is 0.890. The van der Waals surface area contributed by atoms with Gasteiger partial charge in [0.1, 0.15) is 0 Å². The number of hydrogen-bond donors (Lipinski definition) is 2. The molecule has 2 heterocycles. The van der Waals surface area contributed by atoms with Crippen molar-refractivity contribution < 1.29 is 21.1 Å². The molecule has 0 aliphatic rings. The van der Waals surface area contributed by atoms with Crippen LogP contribution in [0.1, 0.15) is 0 Å². The fourth-order valence-electron chi connectivity index (χ4n) is 0.890. The molecule has 0 amide bonds.